The first-order chi connectivity index (χ1) is 8.88. The fourth-order valence-electron chi connectivity index (χ4n) is 2.47. The Morgan fingerprint density at radius 1 is 1.32 bits per heavy atom. The van der Waals surface area contributed by atoms with Crippen LogP contribution >= 0.6 is 0 Å². The van der Waals surface area contributed by atoms with Crippen LogP contribution in [0.5, 0.6) is 0 Å². The Balaban J connectivity index is 1.88. The quantitative estimate of drug-likeness (QED) is 0.892. The van der Waals surface area contributed by atoms with Crippen molar-refractivity contribution in [2.45, 2.75) is 40.7 Å². The molecule has 19 heavy (non-hydrogen) atoms. The Hall–Kier alpha value is -1.02. The average Bonchev–Trinajstić information content (AvgIpc) is 2.69. The molecule has 1 heterocycles. The van der Waals surface area contributed by atoms with Crippen molar-refractivity contribution in [2.24, 2.45) is 11.3 Å². The van der Waals surface area contributed by atoms with Gasteiger partial charge in [0.15, 0.2) is 0 Å². The Bertz CT molecular complexity index is 431. The van der Waals surface area contributed by atoms with E-state index in [1.807, 2.05) is 0 Å². The summed E-state index contributed by atoms with van der Waals surface area (Å²) in [4.78, 5) is 2.34. The van der Waals surface area contributed by atoms with E-state index >= 15 is 0 Å². The third-order valence-electron chi connectivity index (χ3n) is 4.53. The summed E-state index contributed by atoms with van der Waals surface area (Å²) in [7, 11) is 2.18. The first-order valence-electron chi connectivity index (χ1n) is 7.41. The van der Waals surface area contributed by atoms with Gasteiger partial charge in [0, 0.05) is 25.8 Å². The SMILES string of the molecule is CC(CNCc1ccc2c(c1)CCN2C)C(C)(C)C. The Morgan fingerprint density at radius 3 is 2.74 bits per heavy atom. The van der Waals surface area contributed by atoms with Gasteiger partial charge in [0.2, 0.25) is 0 Å². The molecule has 0 saturated carbocycles. The van der Waals surface area contributed by atoms with E-state index in [0.29, 0.717) is 11.3 Å². The van der Waals surface area contributed by atoms with Gasteiger partial charge in [-0.2, -0.15) is 0 Å². The minimum absolute atomic E-state index is 0.383. The molecule has 0 saturated heterocycles. The minimum Gasteiger partial charge on any atom is -0.374 e. The van der Waals surface area contributed by atoms with Crippen LogP contribution in [0.2, 0.25) is 0 Å². The fourth-order valence-corrected chi connectivity index (χ4v) is 2.47. The highest BCUT2D eigenvalue weighted by molar-refractivity contribution is 5.58. The average molecular weight is 260 g/mol. The van der Waals surface area contributed by atoms with E-state index in [4.69, 9.17) is 0 Å². The zero-order valence-corrected chi connectivity index (χ0v) is 13.1. The third kappa shape index (κ3) is 3.50. The van der Waals surface area contributed by atoms with Gasteiger partial charge in [-0.25, -0.2) is 0 Å². The molecule has 1 aliphatic heterocycles. The zero-order valence-electron chi connectivity index (χ0n) is 13.1. The number of fused-ring (bicyclic) bond motifs is 1. The molecule has 0 fully saturated rings. The second-order valence-corrected chi connectivity index (χ2v) is 7.03. The van der Waals surface area contributed by atoms with Crippen molar-refractivity contribution in [1.29, 1.82) is 0 Å². The maximum Gasteiger partial charge on any atom is 0.0397 e. The summed E-state index contributed by atoms with van der Waals surface area (Å²) in [6, 6.07) is 6.90. The second kappa shape index (κ2) is 5.54. The molecule has 1 aromatic carbocycles. The molecule has 1 aromatic rings. The van der Waals surface area contributed by atoms with Gasteiger partial charge in [-0.05, 0) is 41.5 Å². The summed E-state index contributed by atoms with van der Waals surface area (Å²) in [5, 5.41) is 3.60. The lowest BCUT2D eigenvalue weighted by atomic mass is 9.82. The van der Waals surface area contributed by atoms with Crippen LogP contribution in [-0.4, -0.2) is 20.1 Å². The van der Waals surface area contributed by atoms with E-state index in [-0.39, 0.29) is 0 Å². The number of hydrogen-bond acceptors (Lipinski definition) is 2. The van der Waals surface area contributed by atoms with Crippen molar-refractivity contribution >= 4 is 5.69 Å². The Labute approximate surface area is 118 Å². The Kier molecular flexibility index (Phi) is 4.19. The number of hydrogen-bond donors (Lipinski definition) is 1. The first-order valence-corrected chi connectivity index (χ1v) is 7.41. The van der Waals surface area contributed by atoms with E-state index in [1.165, 1.54) is 23.2 Å². The van der Waals surface area contributed by atoms with Gasteiger partial charge in [-0.1, -0.05) is 39.8 Å². The van der Waals surface area contributed by atoms with Crippen molar-refractivity contribution in [1.82, 2.24) is 5.32 Å². The lowest BCUT2D eigenvalue weighted by molar-refractivity contribution is 0.252. The molecule has 1 aliphatic rings. The molecule has 2 rings (SSSR count). The summed E-state index contributed by atoms with van der Waals surface area (Å²) in [5.41, 5.74) is 4.71. The van der Waals surface area contributed by atoms with Crippen molar-refractivity contribution < 1.29 is 0 Å². The Morgan fingerprint density at radius 2 is 2.05 bits per heavy atom. The lowest BCUT2D eigenvalue weighted by Gasteiger charge is -2.27. The largest absolute Gasteiger partial charge is 0.374 e. The lowest BCUT2D eigenvalue weighted by Crippen LogP contribution is -2.29. The van der Waals surface area contributed by atoms with Gasteiger partial charge < -0.3 is 10.2 Å². The number of nitrogens with one attached hydrogen (secondary N) is 1. The molecule has 0 amide bonds. The number of rotatable bonds is 4. The molecule has 0 spiro atoms. The van der Waals surface area contributed by atoms with Crippen molar-refractivity contribution in [3.8, 4) is 0 Å². The topological polar surface area (TPSA) is 15.3 Å². The summed E-state index contributed by atoms with van der Waals surface area (Å²) < 4.78 is 0. The van der Waals surface area contributed by atoms with E-state index < -0.39 is 0 Å². The number of benzene rings is 1. The number of anilines is 1. The van der Waals surface area contributed by atoms with Crippen molar-refractivity contribution in [3.05, 3.63) is 29.3 Å². The van der Waals surface area contributed by atoms with Gasteiger partial charge >= 0.3 is 0 Å². The van der Waals surface area contributed by atoms with E-state index in [0.717, 1.165) is 19.6 Å². The van der Waals surface area contributed by atoms with Crippen LogP contribution in [0.3, 0.4) is 0 Å². The molecule has 1 unspecified atom stereocenters. The summed E-state index contributed by atoms with van der Waals surface area (Å²) in [5.74, 6) is 0.688. The van der Waals surface area contributed by atoms with Gasteiger partial charge in [-0.15, -0.1) is 0 Å². The van der Waals surface area contributed by atoms with Crippen LogP contribution in [0.25, 0.3) is 0 Å². The smallest absolute Gasteiger partial charge is 0.0397 e. The van der Waals surface area contributed by atoms with E-state index in [1.54, 1.807) is 0 Å². The molecule has 2 nitrogen and oxygen atoms in total. The fraction of sp³-hybridized carbons (Fsp3) is 0.647. The van der Waals surface area contributed by atoms with Crippen molar-refractivity contribution in [2.75, 3.05) is 25.0 Å². The number of nitrogens with zero attached hydrogens (tertiary/aromatic N) is 1. The highest BCUT2D eigenvalue weighted by Gasteiger charge is 2.19. The number of likely N-dealkylation sites (N-methyl/N-ethyl adjacent to an activating group) is 1. The van der Waals surface area contributed by atoms with Crippen LogP contribution in [0.15, 0.2) is 18.2 Å². The minimum atomic E-state index is 0.383. The molecular weight excluding hydrogens is 232 g/mol. The summed E-state index contributed by atoms with van der Waals surface area (Å²) in [6.45, 7) is 12.5. The molecule has 0 radical (unpaired) electrons. The van der Waals surface area contributed by atoms with Crippen molar-refractivity contribution in [3.63, 3.8) is 0 Å². The van der Waals surface area contributed by atoms with Crippen LogP contribution in [0.1, 0.15) is 38.8 Å². The van der Waals surface area contributed by atoms with Gasteiger partial charge in [0.05, 0.1) is 0 Å². The van der Waals surface area contributed by atoms with E-state index in [2.05, 4.69) is 63.2 Å². The second-order valence-electron chi connectivity index (χ2n) is 7.03. The highest BCUT2D eigenvalue weighted by atomic mass is 15.1. The van der Waals surface area contributed by atoms with Crippen LogP contribution < -0.4 is 10.2 Å². The van der Waals surface area contributed by atoms with Gasteiger partial charge in [-0.3, -0.25) is 0 Å². The standard InChI is InChI=1S/C17H28N2/c1-13(17(2,3)4)11-18-12-14-6-7-16-15(10-14)8-9-19(16)5/h6-7,10,13,18H,8-9,11-12H2,1-5H3. The summed E-state index contributed by atoms with van der Waals surface area (Å²) >= 11 is 0. The van der Waals surface area contributed by atoms with E-state index in [9.17, 15) is 0 Å². The monoisotopic (exact) mass is 260 g/mol. The zero-order chi connectivity index (χ0) is 14.0. The molecule has 2 heteroatoms. The molecule has 106 valence electrons. The molecule has 0 bridgehead atoms. The third-order valence-corrected chi connectivity index (χ3v) is 4.53. The maximum atomic E-state index is 3.60. The summed E-state index contributed by atoms with van der Waals surface area (Å²) in [6.07, 6.45) is 1.19. The van der Waals surface area contributed by atoms with Crippen LogP contribution in [0, 0.1) is 11.3 Å². The van der Waals surface area contributed by atoms with Gasteiger partial charge in [0.25, 0.3) is 0 Å². The first kappa shape index (κ1) is 14.4. The molecule has 1 atom stereocenters. The maximum absolute atomic E-state index is 3.60. The van der Waals surface area contributed by atoms with Gasteiger partial charge in [0.1, 0.15) is 0 Å². The normalized spacial score (nSPS) is 16.6. The predicted octanol–water partition coefficient (Wildman–Crippen LogP) is 3.45. The van der Waals surface area contributed by atoms with Crippen LogP contribution in [0.4, 0.5) is 5.69 Å². The van der Waals surface area contributed by atoms with Crippen LogP contribution in [-0.2, 0) is 13.0 Å². The molecular formula is C17H28N2. The molecule has 0 aromatic heterocycles. The highest BCUT2D eigenvalue weighted by Crippen LogP contribution is 2.27. The molecule has 0 aliphatic carbocycles. The molecule has 1 N–H and O–H groups in total. The predicted molar refractivity (Wildman–Crippen MR) is 83.7 cm³/mol.